The third kappa shape index (κ3) is 4.96. The molecule has 2 heterocycles. The van der Waals surface area contributed by atoms with E-state index in [0.717, 1.165) is 29.5 Å². The van der Waals surface area contributed by atoms with Crippen LogP contribution in [0.5, 0.6) is 11.5 Å². The molecular formula is C19H19BrN2O7S. The minimum atomic E-state index is -1.13. The Labute approximate surface area is 185 Å². The molecule has 0 spiro atoms. The molecule has 3 amide bonds. The van der Waals surface area contributed by atoms with E-state index in [1.807, 2.05) is 0 Å². The van der Waals surface area contributed by atoms with Crippen LogP contribution in [-0.2, 0) is 14.4 Å². The number of halogens is 1. The van der Waals surface area contributed by atoms with Crippen LogP contribution in [0, 0.1) is 0 Å². The number of imide groups is 1. The lowest BCUT2D eigenvalue weighted by molar-refractivity contribution is -0.139. The zero-order valence-electron chi connectivity index (χ0n) is 16.1. The zero-order valence-corrected chi connectivity index (χ0v) is 18.5. The van der Waals surface area contributed by atoms with E-state index in [4.69, 9.17) is 14.6 Å². The molecule has 0 atom stereocenters. The molecule has 2 aliphatic heterocycles. The Balaban J connectivity index is 1.78. The largest absolute Gasteiger partial charge is 0.493 e. The van der Waals surface area contributed by atoms with Crippen molar-refractivity contribution in [3.63, 3.8) is 0 Å². The predicted octanol–water partition coefficient (Wildman–Crippen LogP) is 2.58. The summed E-state index contributed by atoms with van der Waals surface area (Å²) in [6.07, 6.45) is 3.37. The molecule has 0 radical (unpaired) electrons. The average molecular weight is 499 g/mol. The molecule has 160 valence electrons. The number of thioether (sulfide) groups is 1. The van der Waals surface area contributed by atoms with Crippen molar-refractivity contribution >= 4 is 56.8 Å². The molecule has 0 bridgehead atoms. The number of carboxylic acid groups (broad SMARTS) is 1. The van der Waals surface area contributed by atoms with Gasteiger partial charge < -0.3 is 19.5 Å². The van der Waals surface area contributed by atoms with Crippen molar-refractivity contribution in [3.05, 3.63) is 27.1 Å². The van der Waals surface area contributed by atoms with Crippen LogP contribution in [0.3, 0.4) is 0 Å². The Kier molecular flexibility index (Phi) is 7.03. The molecule has 3 rings (SSSR count). The number of rotatable bonds is 7. The number of nitrogens with zero attached hydrogens (tertiary/aromatic N) is 2. The molecule has 30 heavy (non-hydrogen) atoms. The fourth-order valence-corrected chi connectivity index (χ4v) is 4.50. The molecule has 0 aliphatic carbocycles. The minimum Gasteiger partial charge on any atom is -0.493 e. The quantitative estimate of drug-likeness (QED) is 0.570. The molecule has 9 nitrogen and oxygen atoms in total. The van der Waals surface area contributed by atoms with Gasteiger partial charge in [-0.25, -0.2) is 4.79 Å². The Morgan fingerprint density at radius 1 is 1.27 bits per heavy atom. The third-order valence-corrected chi connectivity index (χ3v) is 6.01. The van der Waals surface area contributed by atoms with Crippen LogP contribution in [0.15, 0.2) is 21.5 Å². The molecule has 1 aromatic carbocycles. The molecule has 2 saturated heterocycles. The van der Waals surface area contributed by atoms with Gasteiger partial charge in [0.25, 0.3) is 11.1 Å². The van der Waals surface area contributed by atoms with Gasteiger partial charge in [-0.15, -0.1) is 0 Å². The summed E-state index contributed by atoms with van der Waals surface area (Å²) in [5, 5.41) is 8.30. The molecule has 1 N–H and O–H groups in total. The first-order valence-electron chi connectivity index (χ1n) is 9.05. The van der Waals surface area contributed by atoms with Crippen molar-refractivity contribution < 1.29 is 33.8 Å². The van der Waals surface area contributed by atoms with Crippen molar-refractivity contribution in [1.29, 1.82) is 0 Å². The predicted molar refractivity (Wildman–Crippen MR) is 112 cm³/mol. The summed E-state index contributed by atoms with van der Waals surface area (Å²) in [5.41, 5.74) is 0.540. The van der Waals surface area contributed by atoms with E-state index in [9.17, 15) is 19.2 Å². The van der Waals surface area contributed by atoms with Gasteiger partial charge in [0.1, 0.15) is 6.54 Å². The fourth-order valence-electron chi connectivity index (χ4n) is 3.09. The highest BCUT2D eigenvalue weighted by Gasteiger charge is 2.37. The Morgan fingerprint density at radius 2 is 1.97 bits per heavy atom. The van der Waals surface area contributed by atoms with E-state index < -0.39 is 23.7 Å². The number of benzene rings is 1. The number of methoxy groups -OCH3 is 1. The standard InChI is InChI=1S/C19H19BrN2O7S/c1-28-13-7-11(6-12(20)17(13)29-10-16(24)25)8-14-18(26)22(19(27)30-14)9-15(23)21-4-2-3-5-21/h6-8H,2-5,9-10H2,1H3,(H,24,25)/b14-8+. The highest BCUT2D eigenvalue weighted by molar-refractivity contribution is 9.10. The molecule has 2 fully saturated rings. The maximum atomic E-state index is 12.7. The van der Waals surface area contributed by atoms with Gasteiger partial charge in [-0.2, -0.15) is 0 Å². The van der Waals surface area contributed by atoms with Crippen molar-refractivity contribution in [1.82, 2.24) is 9.80 Å². The minimum absolute atomic E-state index is 0.183. The number of aliphatic carboxylic acids is 1. The van der Waals surface area contributed by atoms with E-state index in [1.54, 1.807) is 17.0 Å². The van der Waals surface area contributed by atoms with Crippen LogP contribution in [0.4, 0.5) is 4.79 Å². The van der Waals surface area contributed by atoms with E-state index in [-0.39, 0.29) is 28.9 Å². The van der Waals surface area contributed by atoms with Crippen LogP contribution in [0.2, 0.25) is 0 Å². The topological polar surface area (TPSA) is 113 Å². The first-order chi connectivity index (χ1) is 14.3. The van der Waals surface area contributed by atoms with E-state index >= 15 is 0 Å². The van der Waals surface area contributed by atoms with Gasteiger partial charge in [0.05, 0.1) is 16.5 Å². The van der Waals surface area contributed by atoms with Crippen molar-refractivity contribution in [2.75, 3.05) is 33.4 Å². The van der Waals surface area contributed by atoms with Gasteiger partial charge in [0.2, 0.25) is 5.91 Å². The number of hydrogen-bond donors (Lipinski definition) is 1. The molecule has 11 heteroatoms. The summed E-state index contributed by atoms with van der Waals surface area (Å²) in [5.74, 6) is -1.42. The van der Waals surface area contributed by atoms with Gasteiger partial charge >= 0.3 is 5.97 Å². The van der Waals surface area contributed by atoms with Gasteiger partial charge in [-0.1, -0.05) is 0 Å². The van der Waals surface area contributed by atoms with E-state index in [2.05, 4.69) is 15.9 Å². The smallest absolute Gasteiger partial charge is 0.341 e. The number of hydrogen-bond acceptors (Lipinski definition) is 7. The number of amides is 3. The Hall–Kier alpha value is -2.53. The second-order valence-corrected chi connectivity index (χ2v) is 8.42. The fraction of sp³-hybridized carbons (Fsp3) is 0.368. The molecule has 0 aromatic heterocycles. The first-order valence-corrected chi connectivity index (χ1v) is 10.7. The normalized spacial score (nSPS) is 17.7. The second kappa shape index (κ2) is 9.52. The number of likely N-dealkylation sites (tertiary alicyclic amines) is 1. The molecule has 1 aromatic rings. The SMILES string of the molecule is COc1cc(/C=C2/SC(=O)N(CC(=O)N3CCCC3)C2=O)cc(Br)c1OCC(=O)O. The van der Waals surface area contributed by atoms with Gasteiger partial charge in [-0.05, 0) is 64.3 Å². The monoisotopic (exact) mass is 498 g/mol. The molecule has 2 aliphatic rings. The highest BCUT2D eigenvalue weighted by Crippen LogP contribution is 2.39. The summed E-state index contributed by atoms with van der Waals surface area (Å²) in [6, 6.07) is 3.17. The van der Waals surface area contributed by atoms with Crippen LogP contribution in [0.25, 0.3) is 6.08 Å². The van der Waals surface area contributed by atoms with Gasteiger partial charge in [0.15, 0.2) is 18.1 Å². The maximum Gasteiger partial charge on any atom is 0.341 e. The summed E-state index contributed by atoms with van der Waals surface area (Å²) in [7, 11) is 1.40. The molecule has 0 unspecified atom stereocenters. The highest BCUT2D eigenvalue weighted by atomic mass is 79.9. The summed E-state index contributed by atoms with van der Waals surface area (Å²) >= 11 is 4.06. The lowest BCUT2D eigenvalue weighted by Gasteiger charge is -2.18. The first kappa shape index (κ1) is 22.2. The lowest BCUT2D eigenvalue weighted by atomic mass is 10.2. The zero-order chi connectivity index (χ0) is 21.8. The number of carboxylic acids is 1. The van der Waals surface area contributed by atoms with Crippen molar-refractivity contribution in [2.45, 2.75) is 12.8 Å². The van der Waals surface area contributed by atoms with Crippen LogP contribution in [0.1, 0.15) is 18.4 Å². The molecular weight excluding hydrogens is 480 g/mol. The molecule has 0 saturated carbocycles. The van der Waals surface area contributed by atoms with Gasteiger partial charge in [0, 0.05) is 13.1 Å². The van der Waals surface area contributed by atoms with Crippen molar-refractivity contribution in [3.8, 4) is 11.5 Å². The summed E-state index contributed by atoms with van der Waals surface area (Å²) < 4.78 is 10.9. The van der Waals surface area contributed by atoms with Crippen LogP contribution in [-0.4, -0.2) is 71.3 Å². The summed E-state index contributed by atoms with van der Waals surface area (Å²) in [6.45, 7) is 0.485. The summed E-state index contributed by atoms with van der Waals surface area (Å²) in [4.78, 5) is 50.8. The van der Waals surface area contributed by atoms with Crippen LogP contribution < -0.4 is 9.47 Å². The second-order valence-electron chi connectivity index (χ2n) is 6.57. The van der Waals surface area contributed by atoms with Crippen molar-refractivity contribution in [2.24, 2.45) is 0 Å². The van der Waals surface area contributed by atoms with E-state index in [1.165, 1.54) is 13.2 Å². The third-order valence-electron chi connectivity index (χ3n) is 4.52. The lowest BCUT2D eigenvalue weighted by Crippen LogP contribution is -2.40. The maximum absolute atomic E-state index is 12.7. The Bertz CT molecular complexity index is 928. The Morgan fingerprint density at radius 3 is 2.60 bits per heavy atom. The number of carbonyl (C=O) groups excluding carboxylic acids is 3. The average Bonchev–Trinajstić information content (AvgIpc) is 3.31. The van der Waals surface area contributed by atoms with Gasteiger partial charge in [-0.3, -0.25) is 19.3 Å². The number of carbonyl (C=O) groups is 4. The van der Waals surface area contributed by atoms with Crippen LogP contribution >= 0.6 is 27.7 Å². The van der Waals surface area contributed by atoms with E-state index in [0.29, 0.717) is 23.1 Å². The number of ether oxygens (including phenoxy) is 2.